The average molecular weight is 482 g/mol. The monoisotopic (exact) mass is 481 g/mol. The quantitative estimate of drug-likeness (QED) is 0.624. The van der Waals surface area contributed by atoms with Crippen LogP contribution in [0.2, 0.25) is 0 Å². The number of nitrogens with zero attached hydrogens (tertiary/aromatic N) is 3. The van der Waals surface area contributed by atoms with Crippen LogP contribution < -0.4 is 10.6 Å². The fourth-order valence-corrected chi connectivity index (χ4v) is 5.52. The third kappa shape index (κ3) is 7.18. The summed E-state index contributed by atoms with van der Waals surface area (Å²) in [7, 11) is 0. The Bertz CT molecular complexity index is 867. The zero-order valence-electron chi connectivity index (χ0n) is 20.7. The number of piperidine rings is 1. The van der Waals surface area contributed by atoms with Gasteiger partial charge < -0.3 is 20.3 Å². The van der Waals surface area contributed by atoms with Gasteiger partial charge in [0.1, 0.15) is 11.6 Å². The standard InChI is InChI=1S/C27H39N5O3/c28-21-27(11-13-31(14-12-27)20-23-9-5-2-6-10-23)30-25(33)24(19-22-7-3-1-4-8-22)29-26(34)32-15-17-35-18-16-32/h2,5-6,9-10,22,24H,1,3-4,7-8,11-20H2,(H,29,34)(H,30,33). The predicted octanol–water partition coefficient (Wildman–Crippen LogP) is 3.04. The molecule has 3 fully saturated rings. The topological polar surface area (TPSA) is 97.7 Å². The molecule has 2 N–H and O–H groups in total. The average Bonchev–Trinajstić information content (AvgIpc) is 2.91. The lowest BCUT2D eigenvalue weighted by Crippen LogP contribution is -2.60. The molecule has 2 saturated heterocycles. The summed E-state index contributed by atoms with van der Waals surface area (Å²) in [5.41, 5.74) is 0.359. The first kappa shape index (κ1) is 25.5. The Hall–Kier alpha value is -2.63. The highest BCUT2D eigenvalue weighted by Gasteiger charge is 2.39. The van der Waals surface area contributed by atoms with Crippen LogP contribution in [0.5, 0.6) is 0 Å². The molecule has 1 aromatic rings. The molecule has 2 aliphatic heterocycles. The van der Waals surface area contributed by atoms with Gasteiger partial charge in [0, 0.05) is 32.7 Å². The van der Waals surface area contributed by atoms with Crippen molar-refractivity contribution in [3.05, 3.63) is 35.9 Å². The zero-order valence-corrected chi connectivity index (χ0v) is 20.7. The Balaban J connectivity index is 1.37. The van der Waals surface area contributed by atoms with Crippen molar-refractivity contribution < 1.29 is 14.3 Å². The molecule has 0 radical (unpaired) electrons. The Morgan fingerprint density at radius 3 is 2.40 bits per heavy atom. The number of benzene rings is 1. The van der Waals surface area contributed by atoms with Crippen molar-refractivity contribution >= 4 is 11.9 Å². The van der Waals surface area contributed by atoms with E-state index in [1.54, 1.807) is 4.90 Å². The highest BCUT2D eigenvalue weighted by molar-refractivity contribution is 5.87. The molecule has 8 heteroatoms. The second-order valence-electron chi connectivity index (χ2n) is 10.3. The molecular formula is C27H39N5O3. The van der Waals surface area contributed by atoms with Crippen LogP contribution in [0.3, 0.4) is 0 Å². The lowest BCUT2D eigenvalue weighted by molar-refractivity contribution is -0.125. The fraction of sp³-hybridized carbons (Fsp3) is 0.667. The molecule has 1 aliphatic carbocycles. The Kier molecular flexibility index (Phi) is 9.00. The number of hydrogen-bond donors (Lipinski definition) is 2. The van der Waals surface area contributed by atoms with Gasteiger partial charge in [0.15, 0.2) is 0 Å². The highest BCUT2D eigenvalue weighted by atomic mass is 16.5. The summed E-state index contributed by atoms with van der Waals surface area (Å²) < 4.78 is 5.36. The van der Waals surface area contributed by atoms with E-state index in [0.717, 1.165) is 32.5 Å². The van der Waals surface area contributed by atoms with E-state index in [4.69, 9.17) is 4.74 Å². The minimum atomic E-state index is -0.890. The van der Waals surface area contributed by atoms with Gasteiger partial charge >= 0.3 is 6.03 Å². The second-order valence-corrected chi connectivity index (χ2v) is 10.3. The van der Waals surface area contributed by atoms with Gasteiger partial charge in [-0.05, 0) is 30.7 Å². The SMILES string of the molecule is N#CC1(NC(=O)C(CC2CCCCC2)NC(=O)N2CCOCC2)CCN(Cc2ccccc2)CC1. The van der Waals surface area contributed by atoms with Gasteiger partial charge in [0.25, 0.3) is 0 Å². The number of rotatable bonds is 7. The van der Waals surface area contributed by atoms with Crippen LogP contribution in [0.1, 0.15) is 56.9 Å². The van der Waals surface area contributed by atoms with Crippen molar-refractivity contribution in [3.8, 4) is 6.07 Å². The summed E-state index contributed by atoms with van der Waals surface area (Å²) in [6, 6.07) is 11.9. The first-order valence-corrected chi connectivity index (χ1v) is 13.2. The molecule has 2 heterocycles. The van der Waals surface area contributed by atoms with Crippen molar-refractivity contribution in [1.82, 2.24) is 20.4 Å². The number of nitrogens with one attached hydrogen (secondary N) is 2. The van der Waals surface area contributed by atoms with Crippen molar-refractivity contribution in [2.45, 2.75) is 69.5 Å². The minimum absolute atomic E-state index is 0.215. The Morgan fingerprint density at radius 2 is 1.74 bits per heavy atom. The molecule has 1 unspecified atom stereocenters. The number of carbonyl (C=O) groups excluding carboxylic acids is 2. The fourth-order valence-electron chi connectivity index (χ4n) is 5.52. The maximum absolute atomic E-state index is 13.5. The Morgan fingerprint density at radius 1 is 1.06 bits per heavy atom. The van der Waals surface area contributed by atoms with Gasteiger partial charge in [-0.1, -0.05) is 62.4 Å². The zero-order chi connectivity index (χ0) is 24.5. The third-order valence-electron chi connectivity index (χ3n) is 7.74. The molecule has 190 valence electrons. The third-order valence-corrected chi connectivity index (χ3v) is 7.74. The molecule has 0 aromatic heterocycles. The largest absolute Gasteiger partial charge is 0.378 e. The summed E-state index contributed by atoms with van der Waals surface area (Å²) in [4.78, 5) is 30.5. The van der Waals surface area contributed by atoms with Gasteiger partial charge in [-0.15, -0.1) is 0 Å². The van der Waals surface area contributed by atoms with Gasteiger partial charge in [-0.2, -0.15) is 5.26 Å². The van der Waals surface area contributed by atoms with E-state index in [1.165, 1.54) is 24.8 Å². The van der Waals surface area contributed by atoms with Gasteiger partial charge in [-0.25, -0.2) is 4.79 Å². The summed E-state index contributed by atoms with van der Waals surface area (Å²) in [5, 5.41) is 16.1. The van der Waals surface area contributed by atoms with Crippen LogP contribution >= 0.6 is 0 Å². The van der Waals surface area contributed by atoms with E-state index in [2.05, 4.69) is 33.7 Å². The maximum Gasteiger partial charge on any atom is 0.318 e. The van der Waals surface area contributed by atoms with E-state index in [-0.39, 0.29) is 11.9 Å². The van der Waals surface area contributed by atoms with E-state index in [0.29, 0.717) is 51.5 Å². The molecule has 3 amide bonds. The number of amides is 3. The van der Waals surface area contributed by atoms with Gasteiger partial charge in [0.2, 0.25) is 5.91 Å². The number of ether oxygens (including phenoxy) is 1. The number of hydrogen-bond acceptors (Lipinski definition) is 5. The molecular weight excluding hydrogens is 442 g/mol. The van der Waals surface area contributed by atoms with Crippen molar-refractivity contribution in [2.24, 2.45) is 5.92 Å². The minimum Gasteiger partial charge on any atom is -0.378 e. The van der Waals surface area contributed by atoms with Crippen LogP contribution in [0.15, 0.2) is 30.3 Å². The summed E-state index contributed by atoms with van der Waals surface area (Å²) in [5.74, 6) is 0.200. The van der Waals surface area contributed by atoms with E-state index >= 15 is 0 Å². The molecule has 1 aromatic carbocycles. The maximum atomic E-state index is 13.5. The molecule has 8 nitrogen and oxygen atoms in total. The van der Waals surface area contributed by atoms with Gasteiger partial charge in [0.05, 0.1) is 19.3 Å². The summed E-state index contributed by atoms with van der Waals surface area (Å²) in [6.07, 6.45) is 7.56. The first-order valence-electron chi connectivity index (χ1n) is 13.2. The number of urea groups is 1. The number of morpholine rings is 1. The van der Waals surface area contributed by atoms with E-state index in [1.807, 2.05) is 18.2 Å². The first-order chi connectivity index (χ1) is 17.1. The van der Waals surface area contributed by atoms with Crippen LogP contribution in [0.4, 0.5) is 4.79 Å². The van der Waals surface area contributed by atoms with Crippen molar-refractivity contribution in [3.63, 3.8) is 0 Å². The molecule has 1 saturated carbocycles. The Labute approximate surface area is 209 Å². The molecule has 0 spiro atoms. The second kappa shape index (κ2) is 12.4. The molecule has 1 atom stereocenters. The van der Waals surface area contributed by atoms with Crippen LogP contribution in [0, 0.1) is 17.2 Å². The highest BCUT2D eigenvalue weighted by Crippen LogP contribution is 2.28. The number of nitriles is 1. The molecule has 3 aliphatic rings. The van der Waals surface area contributed by atoms with Crippen molar-refractivity contribution in [1.29, 1.82) is 5.26 Å². The normalized spacial score (nSPS) is 22.1. The van der Waals surface area contributed by atoms with E-state index < -0.39 is 11.6 Å². The molecule has 4 rings (SSSR count). The van der Waals surface area contributed by atoms with Crippen LogP contribution in [0.25, 0.3) is 0 Å². The lowest BCUT2D eigenvalue weighted by atomic mass is 9.84. The summed E-state index contributed by atoms with van der Waals surface area (Å²) >= 11 is 0. The van der Waals surface area contributed by atoms with Crippen LogP contribution in [-0.4, -0.2) is 72.7 Å². The van der Waals surface area contributed by atoms with Crippen LogP contribution in [-0.2, 0) is 16.1 Å². The molecule has 0 bridgehead atoms. The lowest BCUT2D eigenvalue weighted by Gasteiger charge is -2.39. The van der Waals surface area contributed by atoms with Crippen molar-refractivity contribution in [2.75, 3.05) is 39.4 Å². The predicted molar refractivity (Wildman–Crippen MR) is 133 cm³/mol. The number of carbonyl (C=O) groups is 2. The summed E-state index contributed by atoms with van der Waals surface area (Å²) in [6.45, 7) is 4.43. The van der Waals surface area contributed by atoms with Gasteiger partial charge in [-0.3, -0.25) is 9.69 Å². The smallest absolute Gasteiger partial charge is 0.318 e. The number of likely N-dealkylation sites (tertiary alicyclic amines) is 1. The molecule has 35 heavy (non-hydrogen) atoms. The van der Waals surface area contributed by atoms with E-state index in [9.17, 15) is 14.9 Å².